The number of nitrogens with one attached hydrogen (secondary N) is 1. The van der Waals surface area contributed by atoms with E-state index in [2.05, 4.69) is 31.0 Å². The van der Waals surface area contributed by atoms with Gasteiger partial charge in [-0.3, -0.25) is 0 Å². The number of rotatable bonds is 6. The van der Waals surface area contributed by atoms with Crippen LogP contribution in [0.1, 0.15) is 5.56 Å². The Balaban J connectivity index is 2.18. The van der Waals surface area contributed by atoms with Crippen molar-refractivity contribution in [2.24, 2.45) is 7.05 Å². The second-order valence-corrected chi connectivity index (χ2v) is 6.88. The third-order valence-electron chi connectivity index (χ3n) is 2.86. The van der Waals surface area contributed by atoms with Crippen LogP contribution in [0.5, 0.6) is 0 Å². The maximum absolute atomic E-state index is 12.3. The lowest BCUT2D eigenvalue weighted by Gasteiger charge is -2.16. The molecular weight excluding hydrogens is 360 g/mol. The summed E-state index contributed by atoms with van der Waals surface area (Å²) in [4.78, 5) is 0. The molecule has 0 unspecified atom stereocenters. The minimum atomic E-state index is -3.83. The normalized spacial score (nSPS) is 13.3. The van der Waals surface area contributed by atoms with E-state index in [1.807, 2.05) is 30.3 Å². The fourth-order valence-corrected chi connectivity index (χ4v) is 4.25. The highest BCUT2D eigenvalue weighted by molar-refractivity contribution is 9.10. The second-order valence-electron chi connectivity index (χ2n) is 4.50. The zero-order valence-electron chi connectivity index (χ0n) is 11.3. The first-order valence-electron chi connectivity index (χ1n) is 6.16. The summed E-state index contributed by atoms with van der Waals surface area (Å²) in [6.45, 7) is -0.309. The van der Waals surface area contributed by atoms with Crippen LogP contribution in [0.15, 0.2) is 40.0 Å². The molecule has 0 saturated carbocycles. The van der Waals surface area contributed by atoms with E-state index >= 15 is 0 Å². The van der Waals surface area contributed by atoms with Crippen molar-refractivity contribution in [3.8, 4) is 0 Å². The Morgan fingerprint density at radius 1 is 1.38 bits per heavy atom. The largest absolute Gasteiger partial charge is 0.395 e. The van der Waals surface area contributed by atoms with Crippen molar-refractivity contribution in [1.29, 1.82) is 0 Å². The predicted octanol–water partition coefficient (Wildman–Crippen LogP) is 0.459. The molecule has 0 aliphatic rings. The SMILES string of the molecule is Cn1nnc(Br)c1S(=O)(=O)N[C@@H](CO)Cc1ccccc1. The fraction of sp³-hybridized carbons (Fsp3) is 0.333. The molecule has 0 bridgehead atoms. The Kier molecular flexibility index (Phi) is 5.09. The van der Waals surface area contributed by atoms with Crippen LogP contribution in [0.3, 0.4) is 0 Å². The molecule has 1 aromatic carbocycles. The summed E-state index contributed by atoms with van der Waals surface area (Å²) in [6.07, 6.45) is 0.388. The highest BCUT2D eigenvalue weighted by Crippen LogP contribution is 2.18. The third kappa shape index (κ3) is 3.88. The van der Waals surface area contributed by atoms with Crippen molar-refractivity contribution in [2.75, 3.05) is 6.61 Å². The molecule has 0 aliphatic carbocycles. The first kappa shape index (κ1) is 16.1. The van der Waals surface area contributed by atoms with Crippen LogP contribution >= 0.6 is 15.9 Å². The molecule has 2 rings (SSSR count). The number of hydrogen-bond donors (Lipinski definition) is 2. The van der Waals surface area contributed by atoms with Gasteiger partial charge in [-0.2, -0.15) is 0 Å². The molecule has 0 aliphatic heterocycles. The molecule has 0 amide bonds. The van der Waals surface area contributed by atoms with E-state index in [9.17, 15) is 13.5 Å². The van der Waals surface area contributed by atoms with E-state index in [0.29, 0.717) is 6.42 Å². The minimum Gasteiger partial charge on any atom is -0.395 e. The molecule has 1 atom stereocenters. The van der Waals surface area contributed by atoms with Crippen LogP contribution < -0.4 is 4.72 Å². The Morgan fingerprint density at radius 2 is 2.05 bits per heavy atom. The predicted molar refractivity (Wildman–Crippen MR) is 80.0 cm³/mol. The van der Waals surface area contributed by atoms with Crippen molar-refractivity contribution in [3.63, 3.8) is 0 Å². The first-order chi connectivity index (χ1) is 9.94. The van der Waals surface area contributed by atoms with Gasteiger partial charge < -0.3 is 5.11 Å². The summed E-state index contributed by atoms with van der Waals surface area (Å²) in [7, 11) is -2.35. The maximum atomic E-state index is 12.3. The van der Waals surface area contributed by atoms with E-state index in [1.54, 1.807) is 0 Å². The van der Waals surface area contributed by atoms with Crippen LogP contribution in [0.25, 0.3) is 0 Å². The van der Waals surface area contributed by atoms with Crippen molar-refractivity contribution in [2.45, 2.75) is 17.5 Å². The van der Waals surface area contributed by atoms with Crippen molar-refractivity contribution < 1.29 is 13.5 Å². The Morgan fingerprint density at radius 3 is 2.57 bits per heavy atom. The zero-order valence-corrected chi connectivity index (χ0v) is 13.7. The molecular formula is C12H15BrN4O3S. The van der Waals surface area contributed by atoms with E-state index in [0.717, 1.165) is 10.2 Å². The highest BCUT2D eigenvalue weighted by Gasteiger charge is 2.26. The molecule has 1 aromatic heterocycles. The molecule has 0 radical (unpaired) electrons. The number of nitrogens with zero attached hydrogens (tertiary/aromatic N) is 3. The number of aliphatic hydroxyl groups excluding tert-OH is 1. The molecule has 0 fully saturated rings. The first-order valence-corrected chi connectivity index (χ1v) is 8.44. The molecule has 1 heterocycles. The van der Waals surface area contributed by atoms with E-state index in [-0.39, 0.29) is 16.2 Å². The number of hydrogen-bond acceptors (Lipinski definition) is 5. The van der Waals surface area contributed by atoms with Gasteiger partial charge >= 0.3 is 0 Å². The van der Waals surface area contributed by atoms with Crippen molar-refractivity contribution in [3.05, 3.63) is 40.5 Å². The molecule has 0 saturated heterocycles. The number of benzene rings is 1. The monoisotopic (exact) mass is 374 g/mol. The summed E-state index contributed by atoms with van der Waals surface area (Å²) in [5, 5.41) is 16.6. The Labute approximate surface area is 131 Å². The van der Waals surface area contributed by atoms with E-state index < -0.39 is 16.1 Å². The molecule has 7 nitrogen and oxygen atoms in total. The van der Waals surface area contributed by atoms with E-state index in [4.69, 9.17) is 0 Å². The van der Waals surface area contributed by atoms with Gasteiger partial charge in [-0.15, -0.1) is 5.10 Å². The lowest BCUT2D eigenvalue weighted by Crippen LogP contribution is -2.39. The summed E-state index contributed by atoms with van der Waals surface area (Å²) in [5.41, 5.74) is 0.932. The van der Waals surface area contributed by atoms with Gasteiger partial charge in [0.1, 0.15) is 0 Å². The molecule has 21 heavy (non-hydrogen) atoms. The molecule has 0 spiro atoms. The topological polar surface area (TPSA) is 97.1 Å². The van der Waals surface area contributed by atoms with Crippen LogP contribution in [0.4, 0.5) is 0 Å². The number of aliphatic hydroxyl groups is 1. The lowest BCUT2D eigenvalue weighted by molar-refractivity contribution is 0.256. The number of halogens is 1. The molecule has 2 N–H and O–H groups in total. The molecule has 2 aromatic rings. The third-order valence-corrected chi connectivity index (χ3v) is 5.27. The van der Waals surface area contributed by atoms with Gasteiger partial charge in [0, 0.05) is 13.1 Å². The number of sulfonamides is 1. The van der Waals surface area contributed by atoms with Gasteiger partial charge in [-0.25, -0.2) is 17.8 Å². The number of aryl methyl sites for hydroxylation is 1. The van der Waals surface area contributed by atoms with Gasteiger partial charge in [-0.05, 0) is 27.9 Å². The van der Waals surface area contributed by atoms with Gasteiger partial charge in [-0.1, -0.05) is 35.5 Å². The quantitative estimate of drug-likeness (QED) is 0.765. The highest BCUT2D eigenvalue weighted by atomic mass is 79.9. The van der Waals surface area contributed by atoms with Gasteiger partial charge in [0.25, 0.3) is 10.0 Å². The average Bonchev–Trinajstić information content (AvgIpc) is 2.79. The Bertz CT molecular complexity index is 683. The van der Waals surface area contributed by atoms with Gasteiger partial charge in [0.15, 0.2) is 4.60 Å². The average molecular weight is 375 g/mol. The van der Waals surface area contributed by atoms with E-state index in [1.165, 1.54) is 7.05 Å². The van der Waals surface area contributed by atoms with Crippen LogP contribution in [0.2, 0.25) is 0 Å². The standard InChI is InChI=1S/C12H15BrN4O3S/c1-17-12(11(13)14-16-17)21(19,20)15-10(8-18)7-9-5-3-2-4-6-9/h2-6,10,15,18H,7-8H2,1H3/t10-/m1/s1. The summed E-state index contributed by atoms with van der Waals surface area (Å²) in [6, 6.07) is 8.72. The summed E-state index contributed by atoms with van der Waals surface area (Å²) < 4.78 is 28.4. The van der Waals surface area contributed by atoms with Crippen LogP contribution in [-0.2, 0) is 23.5 Å². The van der Waals surface area contributed by atoms with Crippen LogP contribution in [0, 0.1) is 0 Å². The fourth-order valence-electron chi connectivity index (χ4n) is 1.93. The minimum absolute atomic E-state index is 0.0750. The maximum Gasteiger partial charge on any atom is 0.260 e. The lowest BCUT2D eigenvalue weighted by atomic mass is 10.1. The second kappa shape index (κ2) is 6.65. The van der Waals surface area contributed by atoms with Gasteiger partial charge in [0.2, 0.25) is 5.03 Å². The Hall–Kier alpha value is -1.29. The van der Waals surface area contributed by atoms with Crippen molar-refractivity contribution >= 4 is 26.0 Å². The smallest absolute Gasteiger partial charge is 0.260 e. The zero-order chi connectivity index (χ0) is 15.5. The molecule has 114 valence electrons. The molecule has 9 heteroatoms. The van der Waals surface area contributed by atoms with Crippen molar-refractivity contribution in [1.82, 2.24) is 19.7 Å². The van der Waals surface area contributed by atoms with Gasteiger partial charge in [0.05, 0.1) is 6.61 Å². The number of aromatic nitrogens is 3. The van der Waals surface area contributed by atoms with Crippen LogP contribution in [-0.4, -0.2) is 41.2 Å². The summed E-state index contributed by atoms with van der Waals surface area (Å²) in [5.74, 6) is 0. The summed E-state index contributed by atoms with van der Waals surface area (Å²) >= 11 is 3.06.